The van der Waals surface area contributed by atoms with Gasteiger partial charge in [0.25, 0.3) is 0 Å². The van der Waals surface area contributed by atoms with Crippen molar-refractivity contribution in [2.24, 2.45) is 0 Å². The number of aromatic nitrogens is 3. The molecule has 0 bridgehead atoms. The quantitative estimate of drug-likeness (QED) is 0.528. The summed E-state index contributed by atoms with van der Waals surface area (Å²) < 4.78 is 21.1. The standard InChI is InChI=1S/C20H20ClFN4O2S/c1-13(19(27)23-17-9-8-15(21)12-16(17)22)29-20-25-24-18(26(20)10-11-28-2)14-6-4-3-5-7-14/h3-9,12-13H,10-11H2,1-2H3,(H,23,27)/t13-/m1/s1. The Hall–Kier alpha value is -2.42. The number of carbonyl (C=O) groups is 1. The van der Waals surface area contributed by atoms with Gasteiger partial charge in [0.2, 0.25) is 5.91 Å². The molecular formula is C20H20ClFN4O2S. The number of hydrogen-bond donors (Lipinski definition) is 1. The van der Waals surface area contributed by atoms with Gasteiger partial charge in [-0.2, -0.15) is 0 Å². The number of nitrogens with zero attached hydrogens (tertiary/aromatic N) is 3. The molecule has 0 aliphatic carbocycles. The highest BCUT2D eigenvalue weighted by atomic mass is 35.5. The molecule has 0 saturated heterocycles. The highest BCUT2D eigenvalue weighted by molar-refractivity contribution is 8.00. The number of anilines is 1. The van der Waals surface area contributed by atoms with Crippen molar-refractivity contribution in [2.75, 3.05) is 19.0 Å². The Morgan fingerprint density at radius 1 is 1.28 bits per heavy atom. The van der Waals surface area contributed by atoms with E-state index >= 15 is 0 Å². The fourth-order valence-corrected chi connectivity index (χ4v) is 3.63. The van der Waals surface area contributed by atoms with Crippen molar-refractivity contribution >= 4 is 35.0 Å². The van der Waals surface area contributed by atoms with Crippen LogP contribution in [0.1, 0.15) is 6.92 Å². The lowest BCUT2D eigenvalue weighted by molar-refractivity contribution is -0.115. The maximum Gasteiger partial charge on any atom is 0.237 e. The molecule has 0 unspecified atom stereocenters. The third-order valence-electron chi connectivity index (χ3n) is 4.11. The number of rotatable bonds is 8. The smallest absolute Gasteiger partial charge is 0.237 e. The first-order chi connectivity index (χ1) is 14.0. The molecule has 29 heavy (non-hydrogen) atoms. The molecule has 0 spiro atoms. The van der Waals surface area contributed by atoms with E-state index in [2.05, 4.69) is 15.5 Å². The molecule has 1 heterocycles. The van der Waals surface area contributed by atoms with Gasteiger partial charge in [0.15, 0.2) is 11.0 Å². The van der Waals surface area contributed by atoms with Crippen LogP contribution in [0.4, 0.5) is 10.1 Å². The van der Waals surface area contributed by atoms with Crippen molar-refractivity contribution in [3.63, 3.8) is 0 Å². The van der Waals surface area contributed by atoms with Crippen molar-refractivity contribution in [1.82, 2.24) is 14.8 Å². The lowest BCUT2D eigenvalue weighted by Gasteiger charge is -2.14. The van der Waals surface area contributed by atoms with E-state index in [1.165, 1.54) is 23.9 Å². The lowest BCUT2D eigenvalue weighted by Crippen LogP contribution is -2.23. The van der Waals surface area contributed by atoms with E-state index in [9.17, 15) is 9.18 Å². The molecule has 0 fully saturated rings. The topological polar surface area (TPSA) is 69.0 Å². The second kappa shape index (κ2) is 9.87. The summed E-state index contributed by atoms with van der Waals surface area (Å²) in [4.78, 5) is 12.5. The fourth-order valence-electron chi connectivity index (χ4n) is 2.60. The summed E-state index contributed by atoms with van der Waals surface area (Å²) in [5.41, 5.74) is 1.00. The first kappa shape index (κ1) is 21.3. The third-order valence-corrected chi connectivity index (χ3v) is 5.42. The summed E-state index contributed by atoms with van der Waals surface area (Å²) in [5, 5.41) is 11.4. The Kier molecular flexibility index (Phi) is 7.24. The van der Waals surface area contributed by atoms with Gasteiger partial charge in [-0.25, -0.2) is 4.39 Å². The maximum atomic E-state index is 13.9. The van der Waals surface area contributed by atoms with Crippen LogP contribution in [0.5, 0.6) is 0 Å². The van der Waals surface area contributed by atoms with Crippen LogP contribution in [0, 0.1) is 5.82 Å². The van der Waals surface area contributed by atoms with E-state index in [0.29, 0.717) is 24.1 Å². The van der Waals surface area contributed by atoms with Crippen molar-refractivity contribution < 1.29 is 13.9 Å². The molecule has 3 aromatic rings. The number of methoxy groups -OCH3 is 1. The molecular weight excluding hydrogens is 415 g/mol. The Labute approximate surface area is 177 Å². The predicted octanol–water partition coefficient (Wildman–Crippen LogP) is 4.50. The minimum absolute atomic E-state index is 0.0812. The highest BCUT2D eigenvalue weighted by Crippen LogP contribution is 2.28. The predicted molar refractivity (Wildman–Crippen MR) is 113 cm³/mol. The summed E-state index contributed by atoms with van der Waals surface area (Å²) in [6.45, 7) is 2.74. The minimum Gasteiger partial charge on any atom is -0.383 e. The van der Waals surface area contributed by atoms with Gasteiger partial charge in [-0.3, -0.25) is 9.36 Å². The van der Waals surface area contributed by atoms with Crippen molar-refractivity contribution in [3.05, 3.63) is 59.4 Å². The summed E-state index contributed by atoms with van der Waals surface area (Å²) in [5.74, 6) is -0.238. The fraction of sp³-hybridized carbons (Fsp3) is 0.250. The molecule has 6 nitrogen and oxygen atoms in total. The summed E-state index contributed by atoms with van der Waals surface area (Å²) in [6.07, 6.45) is 0. The van der Waals surface area contributed by atoms with Crippen LogP contribution in [0.3, 0.4) is 0 Å². The third kappa shape index (κ3) is 5.35. The normalized spacial score (nSPS) is 12.0. The molecule has 0 radical (unpaired) electrons. The largest absolute Gasteiger partial charge is 0.383 e. The summed E-state index contributed by atoms with van der Waals surface area (Å²) >= 11 is 7.00. The summed E-state index contributed by atoms with van der Waals surface area (Å²) in [7, 11) is 1.62. The summed E-state index contributed by atoms with van der Waals surface area (Å²) in [6, 6.07) is 13.8. The van der Waals surface area contributed by atoms with Crippen molar-refractivity contribution in [3.8, 4) is 11.4 Å². The van der Waals surface area contributed by atoms with Gasteiger partial charge >= 0.3 is 0 Å². The first-order valence-electron chi connectivity index (χ1n) is 8.89. The van der Waals surface area contributed by atoms with E-state index in [0.717, 1.165) is 11.6 Å². The second-order valence-corrected chi connectivity index (χ2v) is 7.93. The van der Waals surface area contributed by atoms with Gasteiger partial charge in [-0.1, -0.05) is 53.7 Å². The first-order valence-corrected chi connectivity index (χ1v) is 10.2. The molecule has 1 amide bonds. The average molecular weight is 435 g/mol. The number of halogens is 2. The molecule has 1 atom stereocenters. The molecule has 152 valence electrons. The van der Waals surface area contributed by atoms with Crippen molar-refractivity contribution in [2.45, 2.75) is 23.9 Å². The zero-order valence-electron chi connectivity index (χ0n) is 15.9. The Balaban J connectivity index is 1.77. The van der Waals surface area contributed by atoms with Crippen LogP contribution >= 0.6 is 23.4 Å². The van der Waals surface area contributed by atoms with Crippen molar-refractivity contribution in [1.29, 1.82) is 0 Å². The molecule has 0 saturated carbocycles. The zero-order valence-corrected chi connectivity index (χ0v) is 17.5. The monoisotopic (exact) mass is 434 g/mol. The minimum atomic E-state index is -0.585. The number of benzene rings is 2. The van der Waals surface area contributed by atoms with Gasteiger partial charge in [-0.05, 0) is 25.1 Å². The van der Waals surface area contributed by atoms with Crippen LogP contribution in [0.15, 0.2) is 53.7 Å². The molecule has 1 aromatic heterocycles. The van der Waals surface area contributed by atoms with E-state index in [4.69, 9.17) is 16.3 Å². The lowest BCUT2D eigenvalue weighted by atomic mass is 10.2. The zero-order chi connectivity index (χ0) is 20.8. The molecule has 2 aromatic carbocycles. The molecule has 3 rings (SSSR count). The average Bonchev–Trinajstić information content (AvgIpc) is 3.11. The van der Waals surface area contributed by atoms with Gasteiger partial charge < -0.3 is 10.1 Å². The van der Waals surface area contributed by atoms with E-state index in [1.54, 1.807) is 14.0 Å². The molecule has 1 N–H and O–H groups in total. The highest BCUT2D eigenvalue weighted by Gasteiger charge is 2.21. The number of nitrogens with one attached hydrogen (secondary N) is 1. The van der Waals surface area contributed by atoms with Crippen LogP contribution < -0.4 is 5.32 Å². The number of ether oxygens (including phenoxy) is 1. The Morgan fingerprint density at radius 3 is 2.72 bits per heavy atom. The Morgan fingerprint density at radius 2 is 2.03 bits per heavy atom. The van der Waals surface area contributed by atoms with Gasteiger partial charge in [-0.15, -0.1) is 10.2 Å². The number of amides is 1. The van der Waals surface area contributed by atoms with Gasteiger partial charge in [0.1, 0.15) is 5.82 Å². The molecule has 0 aliphatic rings. The van der Waals surface area contributed by atoms with Crippen LogP contribution in [0.25, 0.3) is 11.4 Å². The van der Waals surface area contributed by atoms with E-state index in [1.807, 2.05) is 34.9 Å². The van der Waals surface area contributed by atoms with Crippen LogP contribution in [0.2, 0.25) is 5.02 Å². The van der Waals surface area contributed by atoms with Gasteiger partial charge in [0.05, 0.1) is 24.1 Å². The van der Waals surface area contributed by atoms with Crippen LogP contribution in [-0.2, 0) is 16.1 Å². The maximum absolute atomic E-state index is 13.9. The van der Waals surface area contributed by atoms with Gasteiger partial charge in [0, 0.05) is 17.7 Å². The van der Waals surface area contributed by atoms with Crippen LogP contribution in [-0.4, -0.2) is 39.6 Å². The van der Waals surface area contributed by atoms with E-state index < -0.39 is 11.1 Å². The molecule has 9 heteroatoms. The second-order valence-electron chi connectivity index (χ2n) is 6.19. The Bertz CT molecular complexity index is 984. The SMILES string of the molecule is COCCn1c(S[C@H](C)C(=O)Nc2ccc(Cl)cc2F)nnc1-c1ccccc1. The number of hydrogen-bond acceptors (Lipinski definition) is 5. The number of carbonyl (C=O) groups excluding carboxylic acids is 1. The van der Waals surface area contributed by atoms with E-state index in [-0.39, 0.29) is 16.6 Å². The number of thioether (sulfide) groups is 1. The molecule has 0 aliphatic heterocycles.